The molecular weight excluding hydrogens is 200 g/mol. The highest BCUT2D eigenvalue weighted by atomic mass is 32.2. The molecule has 1 heterocycles. The second-order valence-electron chi connectivity index (χ2n) is 3.09. The lowest BCUT2D eigenvalue weighted by Crippen LogP contribution is -2.17. The van der Waals surface area contributed by atoms with Crippen molar-refractivity contribution in [3.8, 4) is 6.07 Å². The minimum atomic E-state index is -1.19. The Hall–Kier alpha value is -1.35. The van der Waals surface area contributed by atoms with Gasteiger partial charge < -0.3 is 0 Å². The van der Waals surface area contributed by atoms with Crippen molar-refractivity contribution in [2.24, 2.45) is 7.05 Å². The normalized spacial score (nSPS) is 12.5. The molecule has 0 aliphatic heterocycles. The molecule has 1 rings (SSSR count). The molecule has 0 aromatic carbocycles. The van der Waals surface area contributed by atoms with Gasteiger partial charge in [-0.15, -0.1) is 0 Å². The molecule has 0 fully saturated rings. The van der Waals surface area contributed by atoms with E-state index in [-0.39, 0.29) is 5.25 Å². The number of rotatable bonds is 3. The topological polar surface area (TPSA) is 70.7 Å². The third kappa shape index (κ3) is 2.12. The number of aromatic nitrogens is 2. The van der Waals surface area contributed by atoms with Gasteiger partial charge in [0.05, 0.1) is 6.20 Å². The van der Waals surface area contributed by atoms with Crippen molar-refractivity contribution >= 4 is 16.8 Å². The molecule has 0 aliphatic carbocycles. The van der Waals surface area contributed by atoms with Gasteiger partial charge in [-0.3, -0.25) is 9.40 Å². The van der Waals surface area contributed by atoms with Gasteiger partial charge in [-0.2, -0.15) is 10.4 Å². The first-order chi connectivity index (χ1) is 6.56. The number of nitrogens with zero attached hydrogens (tertiary/aromatic N) is 3. The first kappa shape index (κ1) is 10.7. The van der Waals surface area contributed by atoms with Crippen LogP contribution in [0, 0.1) is 11.3 Å². The van der Waals surface area contributed by atoms with Gasteiger partial charge in [-0.1, -0.05) is 0 Å². The Kier molecular flexibility index (Phi) is 3.25. The van der Waals surface area contributed by atoms with E-state index in [0.717, 1.165) is 0 Å². The lowest BCUT2D eigenvalue weighted by atomic mass is 10.4. The number of hydrogen-bond donors (Lipinski definition) is 1. The van der Waals surface area contributed by atoms with E-state index in [1.54, 1.807) is 7.05 Å². The predicted octanol–water partition coefficient (Wildman–Crippen LogP) is 0.776. The SMILES string of the molecule is CC(C)S(=O)Nc1c(C#N)cnn1C. The lowest BCUT2D eigenvalue weighted by Gasteiger charge is -2.08. The average molecular weight is 212 g/mol. The van der Waals surface area contributed by atoms with Crippen LogP contribution in [0.4, 0.5) is 5.82 Å². The van der Waals surface area contributed by atoms with Crippen LogP contribution in [0.25, 0.3) is 0 Å². The van der Waals surface area contributed by atoms with Crippen LogP contribution in [-0.4, -0.2) is 19.2 Å². The van der Waals surface area contributed by atoms with E-state index in [1.165, 1.54) is 10.9 Å². The standard InChI is InChI=1S/C8H12N4OS/c1-6(2)14(13)11-8-7(4-9)5-10-12(8)3/h5-6,11H,1-3H3. The monoisotopic (exact) mass is 212 g/mol. The summed E-state index contributed by atoms with van der Waals surface area (Å²) in [6.07, 6.45) is 1.44. The highest BCUT2D eigenvalue weighted by Gasteiger charge is 2.12. The van der Waals surface area contributed by atoms with Crippen molar-refractivity contribution in [3.63, 3.8) is 0 Å². The molecule has 1 aromatic heterocycles. The molecule has 0 spiro atoms. The van der Waals surface area contributed by atoms with Crippen molar-refractivity contribution in [3.05, 3.63) is 11.8 Å². The molecule has 1 aromatic rings. The maximum absolute atomic E-state index is 11.5. The molecule has 1 atom stereocenters. The van der Waals surface area contributed by atoms with E-state index >= 15 is 0 Å². The van der Waals surface area contributed by atoms with Crippen molar-refractivity contribution in [1.29, 1.82) is 5.26 Å². The van der Waals surface area contributed by atoms with Crippen LogP contribution in [0.1, 0.15) is 19.4 Å². The molecular formula is C8H12N4OS. The molecule has 14 heavy (non-hydrogen) atoms. The number of nitrogens with one attached hydrogen (secondary N) is 1. The zero-order valence-corrected chi connectivity index (χ0v) is 9.13. The Labute approximate surface area is 85.3 Å². The summed E-state index contributed by atoms with van der Waals surface area (Å²) in [7, 11) is 0.510. The number of nitriles is 1. The van der Waals surface area contributed by atoms with Crippen LogP contribution in [0.15, 0.2) is 6.20 Å². The van der Waals surface area contributed by atoms with Crippen molar-refractivity contribution in [2.45, 2.75) is 19.1 Å². The van der Waals surface area contributed by atoms with E-state index in [4.69, 9.17) is 5.26 Å². The van der Waals surface area contributed by atoms with E-state index in [9.17, 15) is 4.21 Å². The molecule has 0 bridgehead atoms. The maximum Gasteiger partial charge on any atom is 0.153 e. The molecule has 0 aliphatic rings. The zero-order valence-electron chi connectivity index (χ0n) is 8.31. The highest BCUT2D eigenvalue weighted by Crippen LogP contribution is 2.13. The molecule has 0 radical (unpaired) electrons. The van der Waals surface area contributed by atoms with Crippen molar-refractivity contribution in [1.82, 2.24) is 9.78 Å². The second kappa shape index (κ2) is 4.24. The van der Waals surface area contributed by atoms with Gasteiger partial charge in [0, 0.05) is 12.3 Å². The van der Waals surface area contributed by atoms with Crippen LogP contribution in [0.3, 0.4) is 0 Å². The fraction of sp³-hybridized carbons (Fsp3) is 0.500. The molecule has 1 N–H and O–H groups in total. The van der Waals surface area contributed by atoms with Crippen LogP contribution >= 0.6 is 0 Å². The molecule has 0 saturated carbocycles. The van der Waals surface area contributed by atoms with E-state index in [0.29, 0.717) is 11.4 Å². The van der Waals surface area contributed by atoms with Gasteiger partial charge in [0.2, 0.25) is 0 Å². The minimum Gasteiger partial charge on any atom is -0.288 e. The van der Waals surface area contributed by atoms with Crippen LogP contribution in [0.2, 0.25) is 0 Å². The minimum absolute atomic E-state index is 0.00329. The zero-order chi connectivity index (χ0) is 10.7. The van der Waals surface area contributed by atoms with Crippen molar-refractivity contribution in [2.75, 3.05) is 4.72 Å². The fourth-order valence-electron chi connectivity index (χ4n) is 0.854. The van der Waals surface area contributed by atoms with Gasteiger partial charge in [0.15, 0.2) is 5.82 Å². The number of aryl methyl sites for hydroxylation is 1. The van der Waals surface area contributed by atoms with Gasteiger partial charge in [0.25, 0.3) is 0 Å². The Morgan fingerprint density at radius 2 is 2.36 bits per heavy atom. The summed E-state index contributed by atoms with van der Waals surface area (Å²) >= 11 is 0. The summed E-state index contributed by atoms with van der Waals surface area (Å²) in [4.78, 5) is 0. The first-order valence-electron chi connectivity index (χ1n) is 4.15. The average Bonchev–Trinajstić information content (AvgIpc) is 2.47. The smallest absolute Gasteiger partial charge is 0.153 e. The number of anilines is 1. The lowest BCUT2D eigenvalue weighted by molar-refractivity contribution is 0.679. The van der Waals surface area contributed by atoms with Crippen LogP contribution in [0.5, 0.6) is 0 Å². The quantitative estimate of drug-likeness (QED) is 0.804. The summed E-state index contributed by atoms with van der Waals surface area (Å²) in [5.41, 5.74) is 0.404. The molecule has 76 valence electrons. The molecule has 5 nitrogen and oxygen atoms in total. The van der Waals surface area contributed by atoms with Gasteiger partial charge in [-0.25, -0.2) is 4.21 Å². The van der Waals surface area contributed by atoms with Gasteiger partial charge >= 0.3 is 0 Å². The highest BCUT2D eigenvalue weighted by molar-refractivity contribution is 7.86. The Morgan fingerprint density at radius 1 is 1.71 bits per heavy atom. The Balaban J connectivity index is 2.91. The van der Waals surface area contributed by atoms with Crippen LogP contribution < -0.4 is 4.72 Å². The van der Waals surface area contributed by atoms with E-state index < -0.39 is 11.0 Å². The summed E-state index contributed by atoms with van der Waals surface area (Å²) in [5.74, 6) is 0.500. The van der Waals surface area contributed by atoms with Crippen molar-refractivity contribution < 1.29 is 4.21 Å². The predicted molar refractivity (Wildman–Crippen MR) is 54.8 cm³/mol. The molecule has 0 saturated heterocycles. The Bertz CT molecular complexity index is 391. The maximum atomic E-state index is 11.5. The second-order valence-corrected chi connectivity index (χ2v) is 4.83. The van der Waals surface area contributed by atoms with Gasteiger partial charge in [0.1, 0.15) is 22.6 Å². The van der Waals surface area contributed by atoms with E-state index in [2.05, 4.69) is 9.82 Å². The number of hydrogen-bond acceptors (Lipinski definition) is 3. The molecule has 1 unspecified atom stereocenters. The van der Waals surface area contributed by atoms with E-state index in [1.807, 2.05) is 19.9 Å². The third-order valence-electron chi connectivity index (χ3n) is 1.68. The van der Waals surface area contributed by atoms with Gasteiger partial charge in [-0.05, 0) is 13.8 Å². The van der Waals surface area contributed by atoms with Crippen LogP contribution in [-0.2, 0) is 18.0 Å². The fourth-order valence-corrected chi connectivity index (χ4v) is 1.52. The largest absolute Gasteiger partial charge is 0.288 e. The summed E-state index contributed by atoms with van der Waals surface area (Å²) in [6.45, 7) is 3.68. The first-order valence-corrected chi connectivity index (χ1v) is 5.37. The summed E-state index contributed by atoms with van der Waals surface area (Å²) < 4.78 is 15.7. The summed E-state index contributed by atoms with van der Waals surface area (Å²) in [6, 6.07) is 1.98. The third-order valence-corrected chi connectivity index (χ3v) is 2.94. The Morgan fingerprint density at radius 3 is 2.86 bits per heavy atom. The molecule has 0 amide bonds. The summed E-state index contributed by atoms with van der Waals surface area (Å²) in [5, 5.41) is 12.6. The molecule has 6 heteroatoms.